The summed E-state index contributed by atoms with van der Waals surface area (Å²) in [5, 5.41) is 13.3. The van der Waals surface area contributed by atoms with Crippen molar-refractivity contribution in [3.8, 4) is 5.69 Å². The summed E-state index contributed by atoms with van der Waals surface area (Å²) >= 11 is 0. The number of para-hydroxylation sites is 1. The molecule has 1 aromatic carbocycles. The van der Waals surface area contributed by atoms with Gasteiger partial charge in [0, 0.05) is 6.42 Å². The van der Waals surface area contributed by atoms with Gasteiger partial charge < -0.3 is 5.11 Å². The lowest BCUT2D eigenvalue weighted by Crippen LogP contribution is -2.17. The van der Waals surface area contributed by atoms with Gasteiger partial charge in [0.2, 0.25) is 0 Å². The van der Waals surface area contributed by atoms with Crippen molar-refractivity contribution in [1.82, 2.24) is 14.8 Å². The van der Waals surface area contributed by atoms with Crippen molar-refractivity contribution < 1.29 is 9.90 Å². The fraction of sp³-hybridized carbons (Fsp3) is 0.438. The number of hydrogen-bond donors (Lipinski definition) is 1. The standard InChI is InChI=1S/C16H21N3O2/c1-5-8-13-17-14(15(20)21)18-19(13)12-10-7-6-9-11(12)16(2,3)4/h6-7,9-10H,5,8H2,1-4H3,(H,20,21). The summed E-state index contributed by atoms with van der Waals surface area (Å²) in [5.41, 5.74) is 1.95. The molecule has 5 nitrogen and oxygen atoms in total. The zero-order valence-corrected chi connectivity index (χ0v) is 12.9. The molecule has 0 aliphatic carbocycles. The quantitative estimate of drug-likeness (QED) is 0.937. The minimum absolute atomic E-state index is 0.0601. The Bertz CT molecular complexity index is 654. The lowest BCUT2D eigenvalue weighted by Gasteiger charge is -2.23. The number of aromatic carboxylic acids is 1. The number of aryl methyl sites for hydroxylation is 1. The molecule has 0 amide bonds. The molecule has 0 bridgehead atoms. The number of rotatable bonds is 4. The highest BCUT2D eigenvalue weighted by Crippen LogP contribution is 2.28. The number of aromatic nitrogens is 3. The molecular weight excluding hydrogens is 266 g/mol. The van der Waals surface area contributed by atoms with Gasteiger partial charge in [-0.05, 0) is 23.5 Å². The highest BCUT2D eigenvalue weighted by Gasteiger charge is 2.22. The molecule has 0 atom stereocenters. The van der Waals surface area contributed by atoms with Crippen LogP contribution in [0, 0.1) is 0 Å². The average molecular weight is 287 g/mol. The molecular formula is C16H21N3O2. The van der Waals surface area contributed by atoms with Gasteiger partial charge in [0.25, 0.3) is 5.82 Å². The fourth-order valence-corrected chi connectivity index (χ4v) is 2.31. The van der Waals surface area contributed by atoms with E-state index in [4.69, 9.17) is 5.11 Å². The molecule has 0 unspecified atom stereocenters. The minimum atomic E-state index is -1.10. The van der Waals surface area contributed by atoms with Crippen molar-refractivity contribution in [2.75, 3.05) is 0 Å². The van der Waals surface area contributed by atoms with E-state index in [1.807, 2.05) is 31.2 Å². The van der Waals surface area contributed by atoms with Crippen LogP contribution in [0.5, 0.6) is 0 Å². The number of carboxylic acid groups (broad SMARTS) is 1. The number of carbonyl (C=O) groups is 1. The minimum Gasteiger partial charge on any atom is -0.475 e. The molecule has 1 heterocycles. The lowest BCUT2D eigenvalue weighted by atomic mass is 9.86. The van der Waals surface area contributed by atoms with Crippen molar-refractivity contribution in [3.05, 3.63) is 41.5 Å². The van der Waals surface area contributed by atoms with E-state index in [2.05, 4.69) is 30.9 Å². The predicted octanol–water partition coefficient (Wildman–Crippen LogP) is 3.22. The molecule has 0 aliphatic rings. The Hall–Kier alpha value is -2.17. The number of carboxylic acids is 1. The first-order valence-electron chi connectivity index (χ1n) is 7.13. The summed E-state index contributed by atoms with van der Waals surface area (Å²) < 4.78 is 1.67. The maximum absolute atomic E-state index is 11.1. The second-order valence-electron chi connectivity index (χ2n) is 6.09. The van der Waals surface area contributed by atoms with Crippen LogP contribution in [0.4, 0.5) is 0 Å². The third kappa shape index (κ3) is 3.12. The van der Waals surface area contributed by atoms with Gasteiger partial charge in [-0.2, -0.15) is 0 Å². The van der Waals surface area contributed by atoms with Gasteiger partial charge in [-0.25, -0.2) is 14.5 Å². The van der Waals surface area contributed by atoms with Crippen LogP contribution in [0.1, 0.15) is 56.1 Å². The number of nitrogens with zero attached hydrogens (tertiary/aromatic N) is 3. The topological polar surface area (TPSA) is 68.0 Å². The summed E-state index contributed by atoms with van der Waals surface area (Å²) in [6.45, 7) is 8.41. The van der Waals surface area contributed by atoms with Crippen molar-refractivity contribution in [1.29, 1.82) is 0 Å². The zero-order valence-electron chi connectivity index (χ0n) is 12.9. The number of hydrogen-bond acceptors (Lipinski definition) is 3. The van der Waals surface area contributed by atoms with E-state index in [0.717, 1.165) is 17.7 Å². The molecule has 1 N–H and O–H groups in total. The van der Waals surface area contributed by atoms with E-state index in [0.29, 0.717) is 12.2 Å². The Kier molecular flexibility index (Phi) is 4.11. The molecule has 2 aromatic rings. The smallest absolute Gasteiger partial charge is 0.375 e. The molecule has 0 saturated heterocycles. The molecule has 112 valence electrons. The highest BCUT2D eigenvalue weighted by molar-refractivity contribution is 5.83. The van der Waals surface area contributed by atoms with Crippen molar-refractivity contribution in [2.45, 2.75) is 46.0 Å². The van der Waals surface area contributed by atoms with Gasteiger partial charge in [0.1, 0.15) is 5.82 Å². The van der Waals surface area contributed by atoms with E-state index in [1.165, 1.54) is 0 Å². The third-order valence-corrected chi connectivity index (χ3v) is 3.28. The zero-order chi connectivity index (χ0) is 15.6. The molecule has 1 aromatic heterocycles. The second kappa shape index (κ2) is 5.68. The van der Waals surface area contributed by atoms with Gasteiger partial charge in [-0.15, -0.1) is 5.10 Å². The Morgan fingerprint density at radius 1 is 1.29 bits per heavy atom. The molecule has 0 aliphatic heterocycles. The van der Waals surface area contributed by atoms with Crippen LogP contribution in [0.15, 0.2) is 24.3 Å². The van der Waals surface area contributed by atoms with Crippen molar-refractivity contribution in [2.24, 2.45) is 0 Å². The Balaban J connectivity index is 2.64. The first-order chi connectivity index (χ1) is 9.84. The summed E-state index contributed by atoms with van der Waals surface area (Å²) in [5.74, 6) is -0.562. The van der Waals surface area contributed by atoms with Crippen LogP contribution in [0.3, 0.4) is 0 Å². The molecule has 0 radical (unpaired) electrons. The van der Waals surface area contributed by atoms with Crippen LogP contribution < -0.4 is 0 Å². The monoisotopic (exact) mass is 287 g/mol. The van der Waals surface area contributed by atoms with E-state index < -0.39 is 5.97 Å². The van der Waals surface area contributed by atoms with Crippen LogP contribution in [-0.2, 0) is 11.8 Å². The molecule has 0 saturated carbocycles. The molecule has 0 spiro atoms. The van der Waals surface area contributed by atoms with Gasteiger partial charge in [0.05, 0.1) is 5.69 Å². The van der Waals surface area contributed by atoms with Crippen molar-refractivity contribution >= 4 is 5.97 Å². The maximum Gasteiger partial charge on any atom is 0.375 e. The van der Waals surface area contributed by atoms with Crippen molar-refractivity contribution in [3.63, 3.8) is 0 Å². The molecule has 0 fully saturated rings. The third-order valence-electron chi connectivity index (χ3n) is 3.28. The normalized spacial score (nSPS) is 11.6. The van der Waals surface area contributed by atoms with Gasteiger partial charge in [-0.3, -0.25) is 0 Å². The number of benzene rings is 1. The van der Waals surface area contributed by atoms with Gasteiger partial charge >= 0.3 is 5.97 Å². The maximum atomic E-state index is 11.1. The van der Waals surface area contributed by atoms with E-state index in [1.54, 1.807) is 4.68 Å². The Morgan fingerprint density at radius 3 is 2.52 bits per heavy atom. The summed E-state index contributed by atoms with van der Waals surface area (Å²) in [6, 6.07) is 7.92. The Labute approximate surface area is 124 Å². The molecule has 5 heteroatoms. The van der Waals surface area contributed by atoms with Gasteiger partial charge in [0.15, 0.2) is 0 Å². The van der Waals surface area contributed by atoms with Crippen LogP contribution in [-0.4, -0.2) is 25.8 Å². The molecule has 2 rings (SSSR count). The largest absolute Gasteiger partial charge is 0.475 e. The summed E-state index contributed by atoms with van der Waals surface area (Å²) in [4.78, 5) is 15.3. The highest BCUT2D eigenvalue weighted by atomic mass is 16.4. The van der Waals surface area contributed by atoms with Gasteiger partial charge in [-0.1, -0.05) is 45.9 Å². The summed E-state index contributed by atoms with van der Waals surface area (Å²) in [6.07, 6.45) is 1.58. The van der Waals surface area contributed by atoms with E-state index in [-0.39, 0.29) is 11.2 Å². The fourth-order valence-electron chi connectivity index (χ4n) is 2.31. The second-order valence-corrected chi connectivity index (χ2v) is 6.09. The lowest BCUT2D eigenvalue weighted by molar-refractivity contribution is 0.0683. The van der Waals surface area contributed by atoms with Crippen LogP contribution in [0.25, 0.3) is 5.69 Å². The predicted molar refractivity (Wildman–Crippen MR) is 81.0 cm³/mol. The molecule has 21 heavy (non-hydrogen) atoms. The summed E-state index contributed by atoms with van der Waals surface area (Å²) in [7, 11) is 0. The van der Waals surface area contributed by atoms with Crippen LogP contribution in [0.2, 0.25) is 0 Å². The van der Waals surface area contributed by atoms with E-state index in [9.17, 15) is 4.79 Å². The average Bonchev–Trinajstić information content (AvgIpc) is 2.82. The van der Waals surface area contributed by atoms with Crippen LogP contribution >= 0.6 is 0 Å². The van der Waals surface area contributed by atoms with E-state index >= 15 is 0 Å². The SMILES string of the molecule is CCCc1nc(C(=O)O)nn1-c1ccccc1C(C)(C)C. The first kappa shape index (κ1) is 15.2. The Morgan fingerprint density at radius 2 is 1.95 bits per heavy atom. The first-order valence-corrected chi connectivity index (χ1v) is 7.13.